The van der Waals surface area contributed by atoms with Crippen molar-refractivity contribution in [2.45, 2.75) is 0 Å². The number of hydrogen-bond donors (Lipinski definition) is 0. The SMILES string of the molecule is [Fe+3].[Fe+3].[Ni].[Ni].[O-2].[O-2].[O-2].[Zn].[Zn]. The van der Waals surface area contributed by atoms with E-state index in [2.05, 4.69) is 0 Å². The van der Waals surface area contributed by atoms with E-state index in [9.17, 15) is 0 Å². The third-order valence-corrected chi connectivity index (χ3v) is 0. The molecule has 0 atom stereocenters. The molecule has 0 saturated heterocycles. The molecule has 0 aliphatic rings. The summed E-state index contributed by atoms with van der Waals surface area (Å²) in [6, 6.07) is 0. The third kappa shape index (κ3) is 94.0. The average Bonchev–Trinajstić information content (AvgIpc) is 0. The summed E-state index contributed by atoms with van der Waals surface area (Å²) in [5.41, 5.74) is 0. The van der Waals surface area contributed by atoms with Gasteiger partial charge in [-0.1, -0.05) is 0 Å². The molecule has 0 amide bonds. The van der Waals surface area contributed by atoms with E-state index in [0.717, 1.165) is 0 Å². The molecule has 0 saturated carbocycles. The van der Waals surface area contributed by atoms with Crippen LogP contribution in [-0.4, -0.2) is 0 Å². The van der Waals surface area contributed by atoms with Crippen LogP contribution in [0.15, 0.2) is 0 Å². The van der Waals surface area contributed by atoms with Gasteiger partial charge in [0.15, 0.2) is 0 Å². The van der Waals surface area contributed by atoms with Crippen molar-refractivity contribution in [3.8, 4) is 0 Å². The second kappa shape index (κ2) is 116. The topological polar surface area (TPSA) is 85.5 Å². The standard InChI is InChI=1S/2Fe.2Ni.3O.2Zn/q2*+3;;;3*-2;;. The first-order chi connectivity index (χ1) is 0. The van der Waals surface area contributed by atoms with Crippen LogP contribution in [0.1, 0.15) is 0 Å². The van der Waals surface area contributed by atoms with Gasteiger partial charge in [-0.2, -0.15) is 0 Å². The van der Waals surface area contributed by atoms with Crippen molar-refractivity contribution < 1.29 is 123 Å². The second-order valence-corrected chi connectivity index (χ2v) is 0. The molecular formula is Fe2Ni2O3Zn2. The minimum Gasteiger partial charge on any atom is -2.00 e. The minimum atomic E-state index is 0. The predicted octanol–water partition coefficient (Wildman–Crippen LogP) is -0.371. The maximum atomic E-state index is 0. The quantitative estimate of drug-likeness (QED) is 0.491. The Balaban J connectivity index is 0. The second-order valence-electron chi connectivity index (χ2n) is 0. The van der Waals surface area contributed by atoms with Gasteiger partial charge in [-0.3, -0.25) is 0 Å². The molecular weight excluding hydrogens is 408 g/mol. The fraction of sp³-hybridized carbons (Fsp3) is 0. The molecule has 0 aromatic heterocycles. The first kappa shape index (κ1) is 152. The van der Waals surface area contributed by atoms with Crippen LogP contribution in [0.2, 0.25) is 0 Å². The summed E-state index contributed by atoms with van der Waals surface area (Å²) in [5.74, 6) is 0. The zero-order valence-electron chi connectivity index (χ0n) is 3.98. The summed E-state index contributed by atoms with van der Waals surface area (Å²) in [5, 5.41) is 0. The van der Waals surface area contributed by atoms with E-state index in [4.69, 9.17) is 0 Å². The van der Waals surface area contributed by atoms with Crippen molar-refractivity contribution in [3.05, 3.63) is 0 Å². The molecule has 9 heteroatoms. The molecule has 0 aromatic carbocycles. The summed E-state index contributed by atoms with van der Waals surface area (Å²) in [4.78, 5) is 0. The maximum absolute atomic E-state index is 0. The van der Waals surface area contributed by atoms with Gasteiger partial charge in [0.25, 0.3) is 0 Å². The molecule has 2 radical (unpaired) electrons. The molecule has 0 unspecified atom stereocenters. The van der Waals surface area contributed by atoms with Crippen LogP contribution in [0.25, 0.3) is 0 Å². The molecule has 58 valence electrons. The molecule has 0 fully saturated rings. The Labute approximate surface area is 121 Å². The van der Waals surface area contributed by atoms with E-state index in [1.807, 2.05) is 0 Å². The molecule has 3 nitrogen and oxygen atoms in total. The van der Waals surface area contributed by atoms with E-state index in [0.29, 0.717) is 0 Å². The predicted molar refractivity (Wildman–Crippen MR) is 2.06 cm³/mol. The van der Waals surface area contributed by atoms with Crippen LogP contribution in [0, 0.1) is 0 Å². The summed E-state index contributed by atoms with van der Waals surface area (Å²) < 4.78 is 0. The van der Waals surface area contributed by atoms with E-state index >= 15 is 0 Å². The molecule has 0 aliphatic carbocycles. The molecule has 0 rings (SSSR count). The van der Waals surface area contributed by atoms with Gasteiger partial charge in [-0.25, -0.2) is 0 Å². The van der Waals surface area contributed by atoms with Gasteiger partial charge in [-0.05, 0) is 0 Å². The average molecular weight is 408 g/mol. The van der Waals surface area contributed by atoms with Gasteiger partial charge in [-0.15, -0.1) is 0 Å². The first-order valence-electron chi connectivity index (χ1n) is 0. The molecule has 0 bridgehead atoms. The smallest absolute Gasteiger partial charge is 2.00 e. The van der Waals surface area contributed by atoms with Gasteiger partial charge in [0.05, 0.1) is 0 Å². The van der Waals surface area contributed by atoms with Crippen molar-refractivity contribution in [2.75, 3.05) is 0 Å². The zero-order chi connectivity index (χ0) is 0. The Hall–Kier alpha value is 3.15. The number of rotatable bonds is 0. The van der Waals surface area contributed by atoms with Crippen molar-refractivity contribution in [3.63, 3.8) is 0 Å². The van der Waals surface area contributed by atoms with Crippen LogP contribution in [0.5, 0.6) is 0 Å². The molecule has 0 spiro atoms. The van der Waals surface area contributed by atoms with Crippen molar-refractivity contribution in [2.24, 2.45) is 0 Å². The number of hydrogen-bond acceptors (Lipinski definition) is 0. The van der Waals surface area contributed by atoms with Gasteiger partial charge in [0.2, 0.25) is 0 Å². The van der Waals surface area contributed by atoms with Crippen molar-refractivity contribution >= 4 is 0 Å². The van der Waals surface area contributed by atoms with E-state index in [1.165, 1.54) is 0 Å². The van der Waals surface area contributed by atoms with Gasteiger partial charge in [0.1, 0.15) is 0 Å². The van der Waals surface area contributed by atoms with Crippen molar-refractivity contribution in [1.29, 1.82) is 0 Å². The summed E-state index contributed by atoms with van der Waals surface area (Å²) in [6.07, 6.45) is 0. The van der Waals surface area contributed by atoms with Gasteiger partial charge in [0, 0.05) is 71.9 Å². The van der Waals surface area contributed by atoms with Crippen LogP contribution >= 0.6 is 0 Å². The first-order valence-corrected chi connectivity index (χ1v) is 0. The summed E-state index contributed by atoms with van der Waals surface area (Å²) >= 11 is 0. The summed E-state index contributed by atoms with van der Waals surface area (Å²) in [6.45, 7) is 0. The molecule has 0 heterocycles. The maximum Gasteiger partial charge on any atom is 3.00 e. The largest absolute Gasteiger partial charge is 3.00 e. The minimum absolute atomic E-state index is 0. The van der Waals surface area contributed by atoms with Gasteiger partial charge >= 0.3 is 34.1 Å². The molecule has 0 aromatic rings. The van der Waals surface area contributed by atoms with Crippen molar-refractivity contribution in [1.82, 2.24) is 0 Å². The Morgan fingerprint density at radius 2 is 0.444 bits per heavy atom. The Bertz CT molecular complexity index is 17.8. The zero-order valence-corrected chi connectivity index (χ0v) is 14.1. The third-order valence-electron chi connectivity index (χ3n) is 0. The molecule has 9 heavy (non-hydrogen) atoms. The Morgan fingerprint density at radius 3 is 0.444 bits per heavy atom. The molecule has 0 N–H and O–H groups in total. The Kier molecular flexibility index (Phi) is 1950. The summed E-state index contributed by atoms with van der Waals surface area (Å²) in [7, 11) is 0. The normalized spacial score (nSPS) is 0. The van der Waals surface area contributed by atoms with E-state index in [-0.39, 0.29) is 123 Å². The van der Waals surface area contributed by atoms with Crippen LogP contribution in [0.4, 0.5) is 0 Å². The van der Waals surface area contributed by atoms with E-state index < -0.39 is 0 Å². The van der Waals surface area contributed by atoms with Crippen LogP contribution < -0.4 is 0 Å². The Morgan fingerprint density at radius 1 is 0.444 bits per heavy atom. The monoisotopic (exact) mass is 404 g/mol. The van der Waals surface area contributed by atoms with E-state index in [1.54, 1.807) is 0 Å². The fourth-order valence-electron chi connectivity index (χ4n) is 0. The van der Waals surface area contributed by atoms with Crippen LogP contribution in [-0.2, 0) is 123 Å². The molecule has 0 aliphatic heterocycles. The van der Waals surface area contributed by atoms with Gasteiger partial charge < -0.3 is 16.4 Å². The fourth-order valence-corrected chi connectivity index (χ4v) is 0. The van der Waals surface area contributed by atoms with Crippen LogP contribution in [0.3, 0.4) is 0 Å².